The Hall–Kier alpha value is -0.800. The van der Waals surface area contributed by atoms with E-state index in [4.69, 9.17) is 11.6 Å². The molecule has 1 aliphatic heterocycles. The molecule has 1 heterocycles. The highest BCUT2D eigenvalue weighted by Gasteiger charge is 2.36. The Bertz CT molecular complexity index is 478. The molecule has 1 aromatic carbocycles. The van der Waals surface area contributed by atoms with Crippen molar-refractivity contribution in [2.75, 3.05) is 18.0 Å². The van der Waals surface area contributed by atoms with Crippen molar-refractivity contribution in [3.63, 3.8) is 0 Å². The average molecular weight is 299 g/mol. The van der Waals surface area contributed by atoms with Crippen LogP contribution in [0.15, 0.2) is 18.2 Å². The number of benzene rings is 1. The Morgan fingerprint density at radius 3 is 2.75 bits per heavy atom. The van der Waals surface area contributed by atoms with Gasteiger partial charge < -0.3 is 10.2 Å². The van der Waals surface area contributed by atoms with Gasteiger partial charge in [0.05, 0.1) is 5.69 Å². The molecule has 0 aliphatic carbocycles. The molecule has 2 rings (SSSR count). The molecule has 1 saturated heterocycles. The molecule has 20 heavy (non-hydrogen) atoms. The lowest BCUT2D eigenvalue weighted by atomic mass is 9.89. The average Bonchev–Trinajstić information content (AvgIpc) is 2.38. The van der Waals surface area contributed by atoms with Gasteiger partial charge in [0.1, 0.15) is 5.82 Å². The molecule has 1 fully saturated rings. The first-order valence-corrected chi connectivity index (χ1v) is 7.71. The lowest BCUT2D eigenvalue weighted by molar-refractivity contribution is 0.251. The maximum Gasteiger partial charge on any atom is 0.147 e. The Labute approximate surface area is 126 Å². The Morgan fingerprint density at radius 1 is 1.50 bits per heavy atom. The van der Waals surface area contributed by atoms with E-state index in [1.54, 1.807) is 12.1 Å². The first kappa shape index (κ1) is 15.6. The third kappa shape index (κ3) is 3.09. The van der Waals surface area contributed by atoms with Gasteiger partial charge >= 0.3 is 0 Å². The van der Waals surface area contributed by atoms with Crippen LogP contribution >= 0.6 is 11.6 Å². The molecule has 2 atom stereocenters. The molecule has 0 spiro atoms. The number of nitrogens with zero attached hydrogens (tertiary/aromatic N) is 1. The molecule has 2 unspecified atom stereocenters. The predicted molar refractivity (Wildman–Crippen MR) is 84.1 cm³/mol. The van der Waals surface area contributed by atoms with Gasteiger partial charge in [-0.2, -0.15) is 0 Å². The minimum atomic E-state index is -0.233. The third-order valence-electron chi connectivity index (χ3n) is 4.43. The van der Waals surface area contributed by atoms with Gasteiger partial charge in [-0.05, 0) is 37.5 Å². The maximum atomic E-state index is 14.3. The molecule has 1 aliphatic rings. The molecular weight excluding hydrogens is 275 g/mol. The topological polar surface area (TPSA) is 15.3 Å². The van der Waals surface area contributed by atoms with Gasteiger partial charge in [0.25, 0.3) is 0 Å². The summed E-state index contributed by atoms with van der Waals surface area (Å²) in [7, 11) is 0. The van der Waals surface area contributed by atoms with Crippen LogP contribution in [0.4, 0.5) is 10.1 Å². The zero-order chi connectivity index (χ0) is 14.9. The smallest absolute Gasteiger partial charge is 0.147 e. The first-order chi connectivity index (χ1) is 9.36. The number of piperazine rings is 1. The van der Waals surface area contributed by atoms with Gasteiger partial charge in [0.2, 0.25) is 0 Å². The van der Waals surface area contributed by atoms with E-state index < -0.39 is 0 Å². The monoisotopic (exact) mass is 298 g/mol. The number of rotatable bonds is 3. The van der Waals surface area contributed by atoms with E-state index in [1.165, 1.54) is 6.07 Å². The Morgan fingerprint density at radius 2 is 2.20 bits per heavy atom. The van der Waals surface area contributed by atoms with E-state index in [0.29, 0.717) is 22.7 Å². The predicted octanol–water partition coefficient (Wildman–Crippen LogP) is 4.08. The van der Waals surface area contributed by atoms with Crippen LogP contribution in [0.2, 0.25) is 5.02 Å². The second kappa shape index (κ2) is 5.90. The first-order valence-electron chi connectivity index (χ1n) is 7.33. The molecule has 1 N–H and O–H groups in total. The molecule has 0 aromatic heterocycles. The summed E-state index contributed by atoms with van der Waals surface area (Å²) >= 11 is 5.87. The van der Waals surface area contributed by atoms with E-state index in [9.17, 15) is 4.39 Å². The molecular formula is C16H24ClFN2. The summed E-state index contributed by atoms with van der Waals surface area (Å²) in [6.07, 6.45) is 1.02. The molecule has 1 aromatic rings. The number of hydrogen-bond acceptors (Lipinski definition) is 2. The van der Waals surface area contributed by atoms with E-state index >= 15 is 0 Å². The molecule has 0 amide bonds. The van der Waals surface area contributed by atoms with Crippen LogP contribution in [0.3, 0.4) is 0 Å². The zero-order valence-electron chi connectivity index (χ0n) is 12.7. The number of hydrogen-bond donors (Lipinski definition) is 1. The maximum absolute atomic E-state index is 14.3. The molecule has 112 valence electrons. The highest BCUT2D eigenvalue weighted by Crippen LogP contribution is 2.31. The van der Waals surface area contributed by atoms with Gasteiger partial charge in [-0.3, -0.25) is 0 Å². The highest BCUT2D eigenvalue weighted by molar-refractivity contribution is 6.30. The van der Waals surface area contributed by atoms with Crippen LogP contribution in [-0.2, 0) is 0 Å². The van der Waals surface area contributed by atoms with E-state index in [-0.39, 0.29) is 11.4 Å². The minimum Gasteiger partial charge on any atom is -0.363 e. The van der Waals surface area contributed by atoms with Crippen molar-refractivity contribution in [1.29, 1.82) is 0 Å². The van der Waals surface area contributed by atoms with Crippen molar-refractivity contribution < 1.29 is 4.39 Å². The fraction of sp³-hybridized carbons (Fsp3) is 0.625. The minimum absolute atomic E-state index is 0.0253. The van der Waals surface area contributed by atoms with Crippen molar-refractivity contribution in [3.05, 3.63) is 29.0 Å². The van der Waals surface area contributed by atoms with Gasteiger partial charge in [-0.25, -0.2) is 4.39 Å². The van der Waals surface area contributed by atoms with Crippen LogP contribution < -0.4 is 10.2 Å². The number of halogens is 2. The SMILES string of the molecule is CCC1(C)CN(c2ccc(Cl)cc2F)C(C(C)C)CN1. The largest absolute Gasteiger partial charge is 0.363 e. The quantitative estimate of drug-likeness (QED) is 0.904. The van der Waals surface area contributed by atoms with E-state index in [1.807, 2.05) is 0 Å². The second-order valence-electron chi connectivity index (χ2n) is 6.33. The van der Waals surface area contributed by atoms with Crippen molar-refractivity contribution in [1.82, 2.24) is 5.32 Å². The Balaban J connectivity index is 2.36. The van der Waals surface area contributed by atoms with Crippen LogP contribution in [-0.4, -0.2) is 24.7 Å². The third-order valence-corrected chi connectivity index (χ3v) is 4.66. The fourth-order valence-electron chi connectivity index (χ4n) is 2.82. The van der Waals surface area contributed by atoms with Crippen LogP contribution in [0.25, 0.3) is 0 Å². The van der Waals surface area contributed by atoms with Crippen molar-refractivity contribution in [3.8, 4) is 0 Å². The van der Waals surface area contributed by atoms with Crippen molar-refractivity contribution in [2.24, 2.45) is 5.92 Å². The normalized spacial score (nSPS) is 27.1. The summed E-state index contributed by atoms with van der Waals surface area (Å²) in [5.41, 5.74) is 0.687. The second-order valence-corrected chi connectivity index (χ2v) is 6.77. The van der Waals surface area contributed by atoms with Crippen LogP contribution in [0.5, 0.6) is 0 Å². The number of anilines is 1. The summed E-state index contributed by atoms with van der Waals surface area (Å²) in [6.45, 7) is 10.4. The lowest BCUT2D eigenvalue weighted by Crippen LogP contribution is -2.64. The highest BCUT2D eigenvalue weighted by atomic mass is 35.5. The zero-order valence-corrected chi connectivity index (χ0v) is 13.5. The van der Waals surface area contributed by atoms with E-state index in [2.05, 4.69) is 37.9 Å². The molecule has 4 heteroatoms. The van der Waals surface area contributed by atoms with Gasteiger partial charge in [0, 0.05) is 29.7 Å². The standard InChI is InChI=1S/C16H24ClFN2/c1-5-16(4)10-20(15(9-19-16)11(2)3)14-7-6-12(17)8-13(14)18/h6-8,11,15,19H,5,9-10H2,1-4H3. The summed E-state index contributed by atoms with van der Waals surface area (Å²) < 4.78 is 14.3. The molecule has 0 bridgehead atoms. The van der Waals surface area contributed by atoms with Gasteiger partial charge in [-0.15, -0.1) is 0 Å². The number of nitrogens with one attached hydrogen (secondary N) is 1. The van der Waals surface area contributed by atoms with Crippen molar-refractivity contribution >= 4 is 17.3 Å². The van der Waals surface area contributed by atoms with Gasteiger partial charge in [-0.1, -0.05) is 32.4 Å². The van der Waals surface area contributed by atoms with Crippen LogP contribution in [0.1, 0.15) is 34.1 Å². The molecule has 2 nitrogen and oxygen atoms in total. The van der Waals surface area contributed by atoms with Crippen LogP contribution in [0, 0.1) is 11.7 Å². The van der Waals surface area contributed by atoms with E-state index in [0.717, 1.165) is 19.5 Å². The summed E-state index contributed by atoms with van der Waals surface area (Å²) in [4.78, 5) is 2.20. The van der Waals surface area contributed by atoms with Gasteiger partial charge in [0.15, 0.2) is 0 Å². The lowest BCUT2D eigenvalue weighted by Gasteiger charge is -2.48. The Kier molecular flexibility index (Phi) is 4.60. The molecule has 0 saturated carbocycles. The fourth-order valence-corrected chi connectivity index (χ4v) is 2.98. The van der Waals surface area contributed by atoms with Crippen molar-refractivity contribution in [2.45, 2.75) is 45.7 Å². The summed E-state index contributed by atoms with van der Waals surface area (Å²) in [5.74, 6) is 0.225. The molecule has 0 radical (unpaired) electrons. The summed E-state index contributed by atoms with van der Waals surface area (Å²) in [6, 6.07) is 5.27. The summed E-state index contributed by atoms with van der Waals surface area (Å²) in [5, 5.41) is 4.06.